The Balaban J connectivity index is 1.46. The molecule has 0 spiro atoms. The summed E-state index contributed by atoms with van der Waals surface area (Å²) in [4.78, 5) is 10.9. The van der Waals surface area contributed by atoms with Gasteiger partial charge in [0.2, 0.25) is 0 Å². The number of carboxylic acid groups (broad SMARTS) is 1. The van der Waals surface area contributed by atoms with Crippen LogP contribution in [0.1, 0.15) is 53.5 Å². The van der Waals surface area contributed by atoms with E-state index in [2.05, 4.69) is 30.3 Å². The Hall–Kier alpha value is -3.11. The predicted molar refractivity (Wildman–Crippen MR) is 121 cm³/mol. The van der Waals surface area contributed by atoms with Gasteiger partial charge >= 0.3 is 5.97 Å². The van der Waals surface area contributed by atoms with Gasteiger partial charge in [-0.2, -0.15) is 0 Å². The molecule has 4 rings (SSSR count). The second kappa shape index (κ2) is 10.3. The second-order valence-corrected chi connectivity index (χ2v) is 7.96. The van der Waals surface area contributed by atoms with Gasteiger partial charge in [0.25, 0.3) is 0 Å². The maximum atomic E-state index is 10.9. The van der Waals surface area contributed by atoms with E-state index in [0.29, 0.717) is 18.3 Å². The highest BCUT2D eigenvalue weighted by molar-refractivity contribution is 5.68. The van der Waals surface area contributed by atoms with E-state index in [0.717, 1.165) is 42.4 Å². The summed E-state index contributed by atoms with van der Waals surface area (Å²) in [5.74, 6) is 0.146. The molecule has 0 heterocycles. The first kappa shape index (κ1) is 21.1. The summed E-state index contributed by atoms with van der Waals surface area (Å²) in [6, 6.07) is 26.7. The van der Waals surface area contributed by atoms with Gasteiger partial charge in [0.15, 0.2) is 6.61 Å². The van der Waals surface area contributed by atoms with Crippen molar-refractivity contribution in [1.82, 2.24) is 0 Å². The molecule has 31 heavy (non-hydrogen) atoms. The summed E-state index contributed by atoms with van der Waals surface area (Å²) in [6.07, 6.45) is 3.95. The number of hydrogen-bond donors (Lipinski definition) is 1. The van der Waals surface area contributed by atoms with E-state index < -0.39 is 5.97 Å². The zero-order valence-corrected chi connectivity index (χ0v) is 17.6. The Bertz CT molecular complexity index is 945. The molecule has 4 heteroatoms. The quantitative estimate of drug-likeness (QED) is 0.481. The van der Waals surface area contributed by atoms with Crippen molar-refractivity contribution in [3.8, 4) is 5.75 Å². The number of fused-ring (bicyclic) bond motifs is 1. The van der Waals surface area contributed by atoms with Crippen LogP contribution >= 0.6 is 0 Å². The van der Waals surface area contributed by atoms with Crippen LogP contribution in [0.15, 0.2) is 78.9 Å². The van der Waals surface area contributed by atoms with E-state index in [9.17, 15) is 4.79 Å². The maximum Gasteiger partial charge on any atom is 0.341 e. The average Bonchev–Trinajstić information content (AvgIpc) is 2.81. The van der Waals surface area contributed by atoms with Crippen LogP contribution in [0.2, 0.25) is 0 Å². The Labute approximate surface area is 183 Å². The summed E-state index contributed by atoms with van der Waals surface area (Å²) < 4.78 is 12.0. The largest absolute Gasteiger partial charge is 0.482 e. The normalized spacial score (nSPS) is 15.5. The fraction of sp³-hybridized carbons (Fsp3) is 0.296. The Morgan fingerprint density at radius 1 is 0.935 bits per heavy atom. The van der Waals surface area contributed by atoms with Gasteiger partial charge in [0, 0.05) is 6.61 Å². The van der Waals surface area contributed by atoms with Gasteiger partial charge in [-0.15, -0.1) is 0 Å². The number of aliphatic carboxylic acids is 1. The third-order valence-corrected chi connectivity index (χ3v) is 5.90. The van der Waals surface area contributed by atoms with E-state index in [1.807, 2.05) is 48.5 Å². The number of rotatable bonds is 9. The molecule has 3 aromatic carbocycles. The Kier molecular flexibility index (Phi) is 7.00. The molecule has 1 atom stereocenters. The van der Waals surface area contributed by atoms with Gasteiger partial charge in [-0.25, -0.2) is 4.79 Å². The van der Waals surface area contributed by atoms with Crippen molar-refractivity contribution in [2.45, 2.75) is 37.7 Å². The molecular formula is C27H28O4. The molecule has 1 N–H and O–H groups in total. The average molecular weight is 417 g/mol. The first-order valence-corrected chi connectivity index (χ1v) is 10.9. The third-order valence-electron chi connectivity index (χ3n) is 5.90. The second-order valence-electron chi connectivity index (χ2n) is 7.96. The molecule has 0 saturated heterocycles. The van der Waals surface area contributed by atoms with E-state index in [-0.39, 0.29) is 12.7 Å². The zero-order chi connectivity index (χ0) is 21.5. The van der Waals surface area contributed by atoms with E-state index in [1.165, 1.54) is 5.56 Å². The van der Waals surface area contributed by atoms with Gasteiger partial charge in [0.05, 0.1) is 0 Å². The molecule has 0 bridgehead atoms. The molecule has 3 aromatic rings. The molecule has 0 aliphatic heterocycles. The monoisotopic (exact) mass is 416 g/mol. The highest BCUT2D eigenvalue weighted by Crippen LogP contribution is 2.39. The molecule has 160 valence electrons. The van der Waals surface area contributed by atoms with E-state index in [4.69, 9.17) is 14.6 Å². The molecule has 0 aromatic heterocycles. The van der Waals surface area contributed by atoms with Crippen molar-refractivity contribution in [1.29, 1.82) is 0 Å². The minimum Gasteiger partial charge on any atom is -0.482 e. The molecule has 0 fully saturated rings. The summed E-state index contributed by atoms with van der Waals surface area (Å²) in [5, 5.41) is 8.95. The topological polar surface area (TPSA) is 55.8 Å². The lowest BCUT2D eigenvalue weighted by Gasteiger charge is -2.28. The molecule has 0 saturated carbocycles. The molecule has 1 aliphatic rings. The summed E-state index contributed by atoms with van der Waals surface area (Å²) in [5.41, 5.74) is 4.74. The van der Waals surface area contributed by atoms with Crippen molar-refractivity contribution in [3.05, 3.63) is 101 Å². The van der Waals surface area contributed by atoms with Gasteiger partial charge < -0.3 is 14.6 Å². The van der Waals surface area contributed by atoms with Crippen LogP contribution in [0.25, 0.3) is 0 Å². The van der Waals surface area contributed by atoms with Gasteiger partial charge in [0.1, 0.15) is 11.9 Å². The minimum absolute atomic E-state index is 0.0873. The van der Waals surface area contributed by atoms with Crippen molar-refractivity contribution in [2.24, 2.45) is 0 Å². The third kappa shape index (κ3) is 5.33. The number of ether oxygens (including phenoxy) is 2. The fourth-order valence-electron chi connectivity index (χ4n) is 4.46. The lowest BCUT2D eigenvalue weighted by atomic mass is 9.81. The summed E-state index contributed by atoms with van der Waals surface area (Å²) >= 11 is 0. The van der Waals surface area contributed by atoms with Crippen LogP contribution < -0.4 is 4.74 Å². The van der Waals surface area contributed by atoms with Crippen molar-refractivity contribution in [2.75, 3.05) is 13.2 Å². The fourth-order valence-corrected chi connectivity index (χ4v) is 4.46. The van der Waals surface area contributed by atoms with Crippen LogP contribution in [0, 0.1) is 0 Å². The van der Waals surface area contributed by atoms with Crippen molar-refractivity contribution in [3.63, 3.8) is 0 Å². The molecule has 4 nitrogen and oxygen atoms in total. The smallest absolute Gasteiger partial charge is 0.341 e. The summed E-state index contributed by atoms with van der Waals surface area (Å²) in [7, 11) is 0. The van der Waals surface area contributed by atoms with Gasteiger partial charge in [-0.1, -0.05) is 72.8 Å². The van der Waals surface area contributed by atoms with Gasteiger partial charge in [-0.05, 0) is 59.9 Å². The number of carbonyl (C=O) groups is 1. The molecule has 0 radical (unpaired) electrons. The lowest BCUT2D eigenvalue weighted by molar-refractivity contribution is -0.139. The molecular weight excluding hydrogens is 388 g/mol. The molecule has 1 unspecified atom stereocenters. The Morgan fingerprint density at radius 2 is 1.61 bits per heavy atom. The van der Waals surface area contributed by atoms with Crippen LogP contribution in [0.4, 0.5) is 0 Å². The predicted octanol–water partition coefficient (Wildman–Crippen LogP) is 5.77. The summed E-state index contributed by atoms with van der Waals surface area (Å²) in [6.45, 7) is 0.346. The van der Waals surface area contributed by atoms with Crippen LogP contribution in [0.3, 0.4) is 0 Å². The van der Waals surface area contributed by atoms with Crippen molar-refractivity contribution >= 4 is 5.97 Å². The Morgan fingerprint density at radius 3 is 2.26 bits per heavy atom. The van der Waals surface area contributed by atoms with Crippen LogP contribution in [0.5, 0.6) is 5.75 Å². The number of carboxylic acids is 1. The standard InChI is InChI=1S/C27H28O4/c28-26(29)19-31-25-16-8-14-23-20(13-7-15-24(23)25)17-18-30-27(21-9-3-1-4-10-21)22-11-5-2-6-12-22/h1-6,8-12,14,16,20,27H,7,13,15,17-19H2,(H,28,29). The van der Waals surface area contributed by atoms with E-state index in [1.54, 1.807) is 0 Å². The molecule has 1 aliphatic carbocycles. The minimum atomic E-state index is -0.953. The van der Waals surface area contributed by atoms with E-state index >= 15 is 0 Å². The SMILES string of the molecule is O=C(O)COc1cccc2c1CCCC2CCOC(c1ccccc1)c1ccccc1. The highest BCUT2D eigenvalue weighted by atomic mass is 16.5. The van der Waals surface area contributed by atoms with Crippen molar-refractivity contribution < 1.29 is 19.4 Å². The maximum absolute atomic E-state index is 10.9. The first-order chi connectivity index (χ1) is 15.2. The van der Waals surface area contributed by atoms with Crippen LogP contribution in [-0.4, -0.2) is 24.3 Å². The van der Waals surface area contributed by atoms with Gasteiger partial charge in [-0.3, -0.25) is 0 Å². The molecule has 0 amide bonds. The number of hydrogen-bond acceptors (Lipinski definition) is 3. The first-order valence-electron chi connectivity index (χ1n) is 10.9. The zero-order valence-electron chi connectivity index (χ0n) is 17.6. The van der Waals surface area contributed by atoms with Crippen LogP contribution in [-0.2, 0) is 16.0 Å². The number of benzene rings is 3. The lowest BCUT2D eigenvalue weighted by Crippen LogP contribution is -2.16. The highest BCUT2D eigenvalue weighted by Gasteiger charge is 2.24.